The molecule has 0 bridgehead atoms. The van der Waals surface area contributed by atoms with Crippen molar-refractivity contribution in [3.05, 3.63) is 11.3 Å². The average Bonchev–Trinajstić information content (AvgIpc) is 2.16. The van der Waals surface area contributed by atoms with E-state index in [9.17, 15) is 9.59 Å². The second kappa shape index (κ2) is 5.50. The van der Waals surface area contributed by atoms with E-state index in [4.69, 9.17) is 9.47 Å². The summed E-state index contributed by atoms with van der Waals surface area (Å²) >= 11 is 0. The Balaban J connectivity index is 2.66. The fourth-order valence-corrected chi connectivity index (χ4v) is 1.49. The minimum Gasteiger partial charge on any atom is -0.460 e. The molecule has 2 amide bonds. The molecule has 0 unspecified atom stereocenters. The molecule has 0 saturated heterocycles. The maximum atomic E-state index is 11.7. The van der Waals surface area contributed by atoms with Crippen LogP contribution in [0.1, 0.15) is 13.8 Å². The minimum absolute atomic E-state index is 0.201. The van der Waals surface area contributed by atoms with E-state index >= 15 is 0 Å². The zero-order valence-electron chi connectivity index (χ0n) is 9.62. The van der Waals surface area contributed by atoms with Gasteiger partial charge in [-0.15, -0.1) is 0 Å². The van der Waals surface area contributed by atoms with Gasteiger partial charge < -0.3 is 20.1 Å². The Morgan fingerprint density at radius 2 is 2.12 bits per heavy atom. The summed E-state index contributed by atoms with van der Waals surface area (Å²) in [6.07, 6.45) is 0. The van der Waals surface area contributed by atoms with Gasteiger partial charge >= 0.3 is 12.0 Å². The van der Waals surface area contributed by atoms with Crippen LogP contribution in [0.15, 0.2) is 11.3 Å². The number of urea groups is 1. The minimum atomic E-state index is -0.436. The molecule has 0 saturated carbocycles. The van der Waals surface area contributed by atoms with E-state index in [0.717, 1.165) is 0 Å². The Hall–Kier alpha value is -1.56. The van der Waals surface area contributed by atoms with Crippen molar-refractivity contribution in [2.45, 2.75) is 19.9 Å². The van der Waals surface area contributed by atoms with E-state index in [-0.39, 0.29) is 18.7 Å². The summed E-state index contributed by atoms with van der Waals surface area (Å²) in [6, 6.07) is -0.651. The van der Waals surface area contributed by atoms with Gasteiger partial charge in [-0.05, 0) is 13.8 Å². The van der Waals surface area contributed by atoms with Gasteiger partial charge in [-0.1, -0.05) is 0 Å². The van der Waals surface area contributed by atoms with Gasteiger partial charge in [-0.25, -0.2) is 9.59 Å². The number of nitrogens with one attached hydrogen (secondary N) is 2. The molecule has 1 aliphatic rings. The monoisotopic (exact) mass is 228 g/mol. The maximum absolute atomic E-state index is 11.7. The van der Waals surface area contributed by atoms with E-state index in [2.05, 4.69) is 10.6 Å². The molecule has 0 radical (unpaired) electrons. The molecular weight excluding hydrogens is 212 g/mol. The summed E-state index contributed by atoms with van der Waals surface area (Å²) in [5, 5.41) is 5.12. The first-order chi connectivity index (χ1) is 7.56. The standard InChI is InChI=1S/C10H16N2O4/c1-6-8(7(2)12-10(14)11-6)9(13)16-5-4-15-3/h6H,4-5H2,1-3H3,(H2,11,12,14)/t6-/m1/s1. The normalized spacial score (nSPS) is 20.2. The largest absolute Gasteiger partial charge is 0.460 e. The van der Waals surface area contributed by atoms with Crippen LogP contribution in [-0.2, 0) is 14.3 Å². The molecule has 0 spiro atoms. The van der Waals surface area contributed by atoms with Crippen molar-refractivity contribution in [3.63, 3.8) is 0 Å². The van der Waals surface area contributed by atoms with Gasteiger partial charge in [0.1, 0.15) is 6.61 Å². The lowest BCUT2D eigenvalue weighted by molar-refractivity contribution is -0.140. The fourth-order valence-electron chi connectivity index (χ4n) is 1.49. The zero-order valence-corrected chi connectivity index (χ0v) is 9.62. The molecule has 0 aromatic heterocycles. The van der Waals surface area contributed by atoms with E-state index in [1.54, 1.807) is 13.8 Å². The first-order valence-electron chi connectivity index (χ1n) is 5.00. The number of ether oxygens (including phenoxy) is 2. The Bertz CT molecular complexity index is 325. The highest BCUT2D eigenvalue weighted by Gasteiger charge is 2.27. The lowest BCUT2D eigenvalue weighted by Crippen LogP contribution is -2.48. The zero-order chi connectivity index (χ0) is 12.1. The van der Waals surface area contributed by atoms with Crippen LogP contribution < -0.4 is 10.6 Å². The number of amides is 2. The van der Waals surface area contributed by atoms with E-state index in [1.165, 1.54) is 7.11 Å². The van der Waals surface area contributed by atoms with E-state index in [1.807, 2.05) is 0 Å². The fraction of sp³-hybridized carbons (Fsp3) is 0.600. The number of hydrogen-bond donors (Lipinski definition) is 2. The highest BCUT2D eigenvalue weighted by Crippen LogP contribution is 2.13. The van der Waals surface area contributed by atoms with Crippen molar-refractivity contribution in [1.82, 2.24) is 10.6 Å². The predicted octanol–water partition coefficient (Wildman–Crippen LogP) is 0.151. The Labute approximate surface area is 94.0 Å². The average molecular weight is 228 g/mol. The molecule has 1 heterocycles. The SMILES string of the molecule is COCCOC(=O)C1=C(C)NC(=O)N[C@@H]1C. The number of carbonyl (C=O) groups excluding carboxylic acids is 2. The Morgan fingerprint density at radius 3 is 2.69 bits per heavy atom. The van der Waals surface area contributed by atoms with Gasteiger partial charge in [-0.3, -0.25) is 0 Å². The van der Waals surface area contributed by atoms with Crippen LogP contribution in [0.25, 0.3) is 0 Å². The van der Waals surface area contributed by atoms with E-state index < -0.39 is 5.97 Å². The lowest BCUT2D eigenvalue weighted by Gasteiger charge is -2.24. The Morgan fingerprint density at radius 1 is 1.44 bits per heavy atom. The number of hydrogen-bond acceptors (Lipinski definition) is 4. The quantitative estimate of drug-likeness (QED) is 0.530. The van der Waals surface area contributed by atoms with Gasteiger partial charge in [0.15, 0.2) is 0 Å². The van der Waals surface area contributed by atoms with Crippen LogP contribution in [0, 0.1) is 0 Å². The summed E-state index contributed by atoms with van der Waals surface area (Å²) in [7, 11) is 1.53. The molecule has 0 aliphatic carbocycles. The highest BCUT2D eigenvalue weighted by molar-refractivity contribution is 5.94. The van der Waals surface area contributed by atoms with Crippen LogP contribution in [0.3, 0.4) is 0 Å². The van der Waals surface area contributed by atoms with Crippen LogP contribution in [-0.4, -0.2) is 38.4 Å². The van der Waals surface area contributed by atoms with Gasteiger partial charge in [0.25, 0.3) is 0 Å². The van der Waals surface area contributed by atoms with Gasteiger partial charge in [-0.2, -0.15) is 0 Å². The second-order valence-corrected chi connectivity index (χ2v) is 3.49. The van der Waals surface area contributed by atoms with Crippen molar-refractivity contribution in [2.24, 2.45) is 0 Å². The van der Waals surface area contributed by atoms with Crippen molar-refractivity contribution in [1.29, 1.82) is 0 Å². The molecule has 0 fully saturated rings. The van der Waals surface area contributed by atoms with Crippen LogP contribution in [0.4, 0.5) is 4.79 Å². The highest BCUT2D eigenvalue weighted by atomic mass is 16.6. The van der Waals surface area contributed by atoms with Crippen molar-refractivity contribution < 1.29 is 19.1 Å². The Kier molecular flexibility index (Phi) is 4.30. The molecule has 1 aliphatic heterocycles. The molecule has 6 nitrogen and oxygen atoms in total. The molecular formula is C10H16N2O4. The van der Waals surface area contributed by atoms with Gasteiger partial charge in [0.05, 0.1) is 18.2 Å². The third-order valence-electron chi connectivity index (χ3n) is 2.23. The van der Waals surface area contributed by atoms with Crippen LogP contribution in [0.5, 0.6) is 0 Å². The number of allylic oxidation sites excluding steroid dienone is 1. The summed E-state index contributed by atoms with van der Waals surface area (Å²) in [4.78, 5) is 22.8. The molecule has 90 valence electrons. The molecule has 16 heavy (non-hydrogen) atoms. The lowest BCUT2D eigenvalue weighted by atomic mass is 10.1. The van der Waals surface area contributed by atoms with Crippen LogP contribution >= 0.6 is 0 Å². The summed E-state index contributed by atoms with van der Waals surface area (Å²) in [6.45, 7) is 3.95. The number of carbonyl (C=O) groups is 2. The third kappa shape index (κ3) is 2.96. The summed E-state index contributed by atoms with van der Waals surface area (Å²) in [5.41, 5.74) is 0.967. The molecule has 0 aromatic carbocycles. The third-order valence-corrected chi connectivity index (χ3v) is 2.23. The number of methoxy groups -OCH3 is 1. The molecule has 2 N–H and O–H groups in total. The van der Waals surface area contributed by atoms with Crippen molar-refractivity contribution >= 4 is 12.0 Å². The summed E-state index contributed by atoms with van der Waals surface area (Å²) in [5.74, 6) is -0.436. The topological polar surface area (TPSA) is 76.7 Å². The first-order valence-corrected chi connectivity index (χ1v) is 5.00. The smallest absolute Gasteiger partial charge is 0.337 e. The molecule has 6 heteroatoms. The van der Waals surface area contributed by atoms with Crippen molar-refractivity contribution in [3.8, 4) is 0 Å². The maximum Gasteiger partial charge on any atom is 0.337 e. The van der Waals surface area contributed by atoms with Crippen LogP contribution in [0.2, 0.25) is 0 Å². The molecule has 1 rings (SSSR count). The summed E-state index contributed by atoms with van der Waals surface area (Å²) < 4.78 is 9.76. The molecule has 0 aromatic rings. The first kappa shape index (κ1) is 12.5. The number of esters is 1. The predicted molar refractivity (Wildman–Crippen MR) is 56.7 cm³/mol. The number of rotatable bonds is 4. The molecule has 1 atom stereocenters. The van der Waals surface area contributed by atoms with E-state index in [0.29, 0.717) is 17.9 Å². The van der Waals surface area contributed by atoms with Crippen molar-refractivity contribution in [2.75, 3.05) is 20.3 Å². The van der Waals surface area contributed by atoms with Gasteiger partial charge in [0.2, 0.25) is 0 Å². The van der Waals surface area contributed by atoms with Gasteiger partial charge in [0, 0.05) is 12.8 Å². The second-order valence-electron chi connectivity index (χ2n) is 3.49.